The van der Waals surface area contributed by atoms with Crippen LogP contribution in [0.1, 0.15) is 41.8 Å². The molecule has 0 bridgehead atoms. The Morgan fingerprint density at radius 2 is 2.05 bits per heavy atom. The van der Waals surface area contributed by atoms with E-state index in [0.29, 0.717) is 11.4 Å². The number of carbonyl (C=O) groups is 2. The van der Waals surface area contributed by atoms with Gasteiger partial charge in [0.05, 0.1) is 4.88 Å². The highest BCUT2D eigenvalue weighted by Gasteiger charge is 2.32. The van der Waals surface area contributed by atoms with Crippen molar-refractivity contribution in [3.63, 3.8) is 0 Å². The highest BCUT2D eigenvalue weighted by Crippen LogP contribution is 2.20. The van der Waals surface area contributed by atoms with Crippen molar-refractivity contribution in [3.8, 4) is 0 Å². The third kappa shape index (κ3) is 3.18. The summed E-state index contributed by atoms with van der Waals surface area (Å²) in [4.78, 5) is 27.2. The van der Waals surface area contributed by atoms with Crippen molar-refractivity contribution in [2.24, 2.45) is 0 Å². The Kier molecular flexibility index (Phi) is 4.39. The number of nitrogens with zero attached hydrogens (tertiary/aromatic N) is 1. The van der Waals surface area contributed by atoms with Crippen LogP contribution in [0.4, 0.5) is 0 Å². The van der Waals surface area contributed by atoms with Crippen LogP contribution in [0.25, 0.3) is 0 Å². The van der Waals surface area contributed by atoms with E-state index in [1.807, 2.05) is 23.6 Å². The topological polar surface area (TPSA) is 49.4 Å². The maximum atomic E-state index is 12.4. The van der Waals surface area contributed by atoms with Crippen LogP contribution < -0.4 is 5.32 Å². The van der Waals surface area contributed by atoms with E-state index in [9.17, 15) is 9.59 Å². The first-order valence-corrected chi connectivity index (χ1v) is 8.45. The molecule has 0 spiro atoms. The van der Waals surface area contributed by atoms with E-state index in [0.717, 1.165) is 12.8 Å². The Bertz CT molecular complexity index is 532. The van der Waals surface area contributed by atoms with E-state index in [-0.39, 0.29) is 17.9 Å². The van der Waals surface area contributed by atoms with Gasteiger partial charge in [-0.25, -0.2) is 0 Å². The van der Waals surface area contributed by atoms with Crippen molar-refractivity contribution in [3.05, 3.63) is 34.5 Å². The first-order chi connectivity index (χ1) is 10.3. The molecule has 0 aromatic carbocycles. The number of amides is 2. The fourth-order valence-corrected chi connectivity index (χ4v) is 3.71. The molecule has 1 atom stereocenters. The minimum atomic E-state index is -0.457. The molecule has 1 fully saturated rings. The molecule has 2 amide bonds. The molecule has 1 N–H and O–H groups in total. The molecule has 2 heterocycles. The van der Waals surface area contributed by atoms with E-state index in [1.165, 1.54) is 30.6 Å². The average Bonchev–Trinajstić information content (AvgIpc) is 3.19. The first-order valence-electron chi connectivity index (χ1n) is 7.57. The van der Waals surface area contributed by atoms with Gasteiger partial charge in [-0.05, 0) is 24.3 Å². The third-order valence-corrected chi connectivity index (χ3v) is 5.03. The molecule has 2 aliphatic rings. The predicted octanol–water partition coefficient (Wildman–Crippen LogP) is 2.58. The quantitative estimate of drug-likeness (QED) is 0.873. The maximum Gasteiger partial charge on any atom is 0.265 e. The summed E-state index contributed by atoms with van der Waals surface area (Å²) in [7, 11) is 0. The standard InChI is InChI=1S/C16H20N2O2S/c19-15(17-12-6-2-1-3-7-12)13-8-4-10-18(13)16(20)14-9-5-11-21-14/h4-5,8-9,11-13H,1-3,6-7,10H2,(H,17,19)/t13-/m1/s1. The van der Waals surface area contributed by atoms with Crippen LogP contribution in [0.3, 0.4) is 0 Å². The maximum absolute atomic E-state index is 12.4. The minimum Gasteiger partial charge on any atom is -0.351 e. The lowest BCUT2D eigenvalue weighted by molar-refractivity contribution is -0.124. The van der Waals surface area contributed by atoms with Crippen LogP contribution in [-0.4, -0.2) is 35.3 Å². The lowest BCUT2D eigenvalue weighted by Crippen LogP contribution is -2.49. The van der Waals surface area contributed by atoms with Gasteiger partial charge in [0.2, 0.25) is 5.91 Å². The molecule has 0 radical (unpaired) electrons. The summed E-state index contributed by atoms with van der Waals surface area (Å²) in [6.45, 7) is 0.513. The zero-order valence-electron chi connectivity index (χ0n) is 12.0. The van der Waals surface area contributed by atoms with Gasteiger partial charge in [0.1, 0.15) is 6.04 Å². The van der Waals surface area contributed by atoms with Gasteiger partial charge in [-0.1, -0.05) is 37.5 Å². The number of nitrogens with one attached hydrogen (secondary N) is 1. The number of carbonyl (C=O) groups excluding carboxylic acids is 2. The van der Waals surface area contributed by atoms with Gasteiger partial charge in [-0.3, -0.25) is 9.59 Å². The number of thiophene rings is 1. The monoisotopic (exact) mass is 304 g/mol. The van der Waals surface area contributed by atoms with Crippen molar-refractivity contribution >= 4 is 23.2 Å². The fraction of sp³-hybridized carbons (Fsp3) is 0.500. The predicted molar refractivity (Wildman–Crippen MR) is 83.3 cm³/mol. The molecular formula is C16H20N2O2S. The summed E-state index contributed by atoms with van der Waals surface area (Å²) in [5.74, 6) is -0.0978. The van der Waals surface area contributed by atoms with Crippen LogP contribution in [0, 0.1) is 0 Å². The average molecular weight is 304 g/mol. The molecule has 1 saturated carbocycles. The number of hydrogen-bond acceptors (Lipinski definition) is 3. The van der Waals surface area contributed by atoms with Crippen molar-refractivity contribution in [1.82, 2.24) is 10.2 Å². The van der Waals surface area contributed by atoms with E-state index in [1.54, 1.807) is 11.0 Å². The zero-order valence-corrected chi connectivity index (χ0v) is 12.8. The van der Waals surface area contributed by atoms with Crippen LogP contribution >= 0.6 is 11.3 Å². The fourth-order valence-electron chi connectivity index (χ4n) is 3.03. The van der Waals surface area contributed by atoms with E-state index >= 15 is 0 Å². The zero-order chi connectivity index (χ0) is 14.7. The van der Waals surface area contributed by atoms with Gasteiger partial charge < -0.3 is 10.2 Å². The van der Waals surface area contributed by atoms with Gasteiger partial charge in [-0.15, -0.1) is 11.3 Å². The molecule has 4 nitrogen and oxygen atoms in total. The second-order valence-electron chi connectivity index (χ2n) is 5.65. The van der Waals surface area contributed by atoms with Crippen molar-refractivity contribution in [2.45, 2.75) is 44.2 Å². The SMILES string of the molecule is O=C(NC1CCCCC1)[C@H]1C=CCN1C(=O)c1cccs1. The van der Waals surface area contributed by atoms with E-state index < -0.39 is 6.04 Å². The van der Waals surface area contributed by atoms with E-state index in [4.69, 9.17) is 0 Å². The van der Waals surface area contributed by atoms with Crippen LogP contribution in [-0.2, 0) is 4.79 Å². The first kappa shape index (κ1) is 14.3. The second-order valence-corrected chi connectivity index (χ2v) is 6.60. The lowest BCUT2D eigenvalue weighted by Gasteiger charge is -2.27. The second kappa shape index (κ2) is 6.43. The van der Waals surface area contributed by atoms with Crippen LogP contribution in [0.5, 0.6) is 0 Å². The Hall–Kier alpha value is -1.62. The minimum absolute atomic E-state index is 0.0412. The van der Waals surface area contributed by atoms with Gasteiger partial charge in [-0.2, -0.15) is 0 Å². The summed E-state index contributed by atoms with van der Waals surface area (Å²) in [5, 5.41) is 4.99. The van der Waals surface area contributed by atoms with Gasteiger partial charge >= 0.3 is 0 Å². The molecule has 1 aliphatic carbocycles. The van der Waals surface area contributed by atoms with Crippen LogP contribution in [0.2, 0.25) is 0 Å². The third-order valence-electron chi connectivity index (χ3n) is 4.17. The molecule has 21 heavy (non-hydrogen) atoms. The molecule has 0 saturated heterocycles. The summed E-state index contributed by atoms with van der Waals surface area (Å²) in [5.41, 5.74) is 0. The lowest BCUT2D eigenvalue weighted by atomic mass is 9.95. The Balaban J connectivity index is 1.64. The summed E-state index contributed by atoms with van der Waals surface area (Å²) >= 11 is 1.42. The molecule has 0 unspecified atom stereocenters. The Morgan fingerprint density at radius 1 is 1.24 bits per heavy atom. The molecular weight excluding hydrogens is 284 g/mol. The van der Waals surface area contributed by atoms with Crippen LogP contribution in [0.15, 0.2) is 29.7 Å². The van der Waals surface area contributed by atoms with Crippen molar-refractivity contribution in [2.75, 3.05) is 6.54 Å². The number of rotatable bonds is 3. The van der Waals surface area contributed by atoms with E-state index in [2.05, 4.69) is 5.32 Å². The Labute approximate surface area is 128 Å². The molecule has 5 heteroatoms. The number of hydrogen-bond donors (Lipinski definition) is 1. The highest BCUT2D eigenvalue weighted by atomic mass is 32.1. The van der Waals surface area contributed by atoms with Gasteiger partial charge in [0, 0.05) is 12.6 Å². The summed E-state index contributed by atoms with van der Waals surface area (Å²) in [6, 6.07) is 3.49. The molecule has 112 valence electrons. The van der Waals surface area contributed by atoms with Gasteiger partial charge in [0.15, 0.2) is 0 Å². The van der Waals surface area contributed by atoms with Crippen molar-refractivity contribution < 1.29 is 9.59 Å². The molecule has 1 aromatic rings. The summed E-state index contributed by atoms with van der Waals surface area (Å²) < 4.78 is 0. The normalized spacial score (nSPS) is 22.5. The largest absolute Gasteiger partial charge is 0.351 e. The van der Waals surface area contributed by atoms with Crippen molar-refractivity contribution in [1.29, 1.82) is 0 Å². The highest BCUT2D eigenvalue weighted by molar-refractivity contribution is 7.12. The Morgan fingerprint density at radius 3 is 2.76 bits per heavy atom. The van der Waals surface area contributed by atoms with Gasteiger partial charge in [0.25, 0.3) is 5.91 Å². The smallest absolute Gasteiger partial charge is 0.265 e. The summed E-state index contributed by atoms with van der Waals surface area (Å²) in [6.07, 6.45) is 9.48. The molecule has 3 rings (SSSR count). The molecule has 1 aromatic heterocycles. The molecule has 1 aliphatic heterocycles.